The predicted molar refractivity (Wildman–Crippen MR) is 118 cm³/mol. The van der Waals surface area contributed by atoms with E-state index in [1.807, 2.05) is 31.2 Å². The highest BCUT2D eigenvalue weighted by Gasteiger charge is 2.34. The molecule has 30 heavy (non-hydrogen) atoms. The second kappa shape index (κ2) is 8.57. The summed E-state index contributed by atoms with van der Waals surface area (Å²) in [4.78, 5) is 32.1. The van der Waals surface area contributed by atoms with Crippen LogP contribution in [0.1, 0.15) is 31.5 Å². The topological polar surface area (TPSA) is 90.7 Å². The lowest BCUT2D eigenvalue weighted by Gasteiger charge is -2.25. The van der Waals surface area contributed by atoms with Gasteiger partial charge in [0.1, 0.15) is 21.9 Å². The lowest BCUT2D eigenvalue weighted by atomic mass is 10.0. The molecule has 0 atom stereocenters. The number of rotatable bonds is 8. The lowest BCUT2D eigenvalue weighted by molar-refractivity contribution is -0.146. The molecule has 3 rings (SSSR count). The van der Waals surface area contributed by atoms with Crippen molar-refractivity contribution >= 4 is 27.5 Å². The molecule has 0 aliphatic rings. The van der Waals surface area contributed by atoms with Gasteiger partial charge in [0.2, 0.25) is 0 Å². The minimum Gasteiger partial charge on any atom is -0.497 e. The Hall–Kier alpha value is -2.71. The summed E-state index contributed by atoms with van der Waals surface area (Å²) >= 11 is 1.47. The minimum absolute atomic E-state index is 0.336. The first-order chi connectivity index (χ1) is 14.3. The molecule has 0 fully saturated rings. The molecule has 0 spiro atoms. The van der Waals surface area contributed by atoms with Crippen molar-refractivity contribution in [2.75, 3.05) is 20.8 Å². The molecular weight excluding hydrogens is 404 g/mol. The van der Waals surface area contributed by atoms with Gasteiger partial charge in [0.25, 0.3) is 5.56 Å². The van der Waals surface area contributed by atoms with Crippen LogP contribution in [0.2, 0.25) is 0 Å². The van der Waals surface area contributed by atoms with Crippen molar-refractivity contribution in [1.82, 2.24) is 9.55 Å². The van der Waals surface area contributed by atoms with Crippen LogP contribution >= 0.6 is 11.3 Å². The fourth-order valence-electron chi connectivity index (χ4n) is 3.50. The molecule has 0 radical (unpaired) electrons. The van der Waals surface area contributed by atoms with Gasteiger partial charge in [-0.05, 0) is 38.0 Å². The fourth-order valence-corrected chi connectivity index (χ4v) is 4.65. The van der Waals surface area contributed by atoms with Crippen LogP contribution in [-0.4, -0.2) is 41.5 Å². The summed E-state index contributed by atoms with van der Waals surface area (Å²) in [6, 6.07) is 7.52. The Morgan fingerprint density at radius 2 is 2.03 bits per heavy atom. The molecule has 7 nitrogen and oxygen atoms in total. The number of fused-ring (bicyclic) bond motifs is 1. The normalized spacial score (nSPS) is 11.8. The summed E-state index contributed by atoms with van der Waals surface area (Å²) in [5, 5.41) is 10.3. The van der Waals surface area contributed by atoms with E-state index >= 15 is 0 Å². The van der Waals surface area contributed by atoms with Crippen LogP contribution < -0.4 is 10.3 Å². The van der Waals surface area contributed by atoms with E-state index in [-0.39, 0.29) is 5.56 Å². The number of hydrogen-bond donors (Lipinski definition) is 1. The molecule has 0 aliphatic carbocycles. The van der Waals surface area contributed by atoms with E-state index in [4.69, 9.17) is 14.5 Å². The number of carboxylic acids is 1. The number of carboxylic acid groups (broad SMARTS) is 1. The molecule has 1 aromatic carbocycles. The van der Waals surface area contributed by atoms with Crippen LogP contribution in [0.4, 0.5) is 0 Å². The number of carbonyl (C=O) groups is 1. The van der Waals surface area contributed by atoms with E-state index < -0.39 is 11.5 Å². The van der Waals surface area contributed by atoms with E-state index in [1.165, 1.54) is 29.8 Å². The van der Waals surface area contributed by atoms with Crippen molar-refractivity contribution in [2.24, 2.45) is 0 Å². The highest BCUT2D eigenvalue weighted by atomic mass is 32.1. The molecule has 0 saturated carbocycles. The van der Waals surface area contributed by atoms with Crippen LogP contribution in [0.25, 0.3) is 21.3 Å². The first-order valence-corrected chi connectivity index (χ1v) is 10.5. The molecule has 8 heteroatoms. The number of aryl methyl sites for hydroxylation is 1. The van der Waals surface area contributed by atoms with Gasteiger partial charge in [-0.3, -0.25) is 9.36 Å². The first kappa shape index (κ1) is 22.0. The number of thiophene rings is 1. The molecule has 160 valence electrons. The molecule has 0 aliphatic heterocycles. The maximum absolute atomic E-state index is 13.7. The van der Waals surface area contributed by atoms with Crippen LogP contribution in [0, 0.1) is 0 Å². The number of methoxy groups -OCH3 is 2. The molecule has 2 heterocycles. The zero-order valence-corrected chi connectivity index (χ0v) is 18.6. The molecule has 2 aromatic heterocycles. The van der Waals surface area contributed by atoms with E-state index in [0.717, 1.165) is 22.4 Å². The minimum atomic E-state index is -1.46. The van der Waals surface area contributed by atoms with Crippen molar-refractivity contribution in [3.8, 4) is 16.9 Å². The van der Waals surface area contributed by atoms with Gasteiger partial charge in [-0.25, -0.2) is 9.78 Å². The Labute approximate surface area is 178 Å². The second-order valence-corrected chi connectivity index (χ2v) is 8.53. The van der Waals surface area contributed by atoms with Gasteiger partial charge < -0.3 is 14.6 Å². The molecular formula is C22H26N2O5S. The molecule has 1 N–H and O–H groups in total. The third-order valence-electron chi connectivity index (χ3n) is 5.16. The van der Waals surface area contributed by atoms with Gasteiger partial charge in [0, 0.05) is 24.0 Å². The van der Waals surface area contributed by atoms with E-state index in [1.54, 1.807) is 14.2 Å². The number of aromatic nitrogens is 2. The number of benzene rings is 1. The van der Waals surface area contributed by atoms with Crippen LogP contribution in [0.3, 0.4) is 0 Å². The molecule has 0 bridgehead atoms. The first-order valence-electron chi connectivity index (χ1n) is 9.70. The van der Waals surface area contributed by atoms with Crippen molar-refractivity contribution < 1.29 is 19.4 Å². The second-order valence-electron chi connectivity index (χ2n) is 7.44. The van der Waals surface area contributed by atoms with Gasteiger partial charge in [0.15, 0.2) is 0 Å². The third-order valence-corrected chi connectivity index (χ3v) is 6.39. The fraction of sp³-hybridized carbons (Fsp3) is 0.409. The SMILES string of the molecule is CCc1sc2nc(CCOC)n(C(C)(C)C(=O)O)c(=O)c2c1-c1cccc(OC)c1. The number of nitrogens with zero attached hydrogens (tertiary/aromatic N) is 2. The maximum Gasteiger partial charge on any atom is 0.329 e. The van der Waals surface area contributed by atoms with Gasteiger partial charge >= 0.3 is 5.97 Å². The zero-order valence-electron chi connectivity index (χ0n) is 17.8. The quantitative estimate of drug-likeness (QED) is 0.586. The van der Waals surface area contributed by atoms with Gasteiger partial charge in [-0.1, -0.05) is 19.1 Å². The highest BCUT2D eigenvalue weighted by molar-refractivity contribution is 7.19. The smallest absolute Gasteiger partial charge is 0.329 e. The van der Waals surface area contributed by atoms with Gasteiger partial charge in [0.05, 0.1) is 19.1 Å². The molecule has 3 aromatic rings. The molecule has 0 unspecified atom stereocenters. The maximum atomic E-state index is 13.7. The predicted octanol–water partition coefficient (Wildman–Crippen LogP) is 3.70. The van der Waals surface area contributed by atoms with Crippen molar-refractivity contribution in [2.45, 2.75) is 39.2 Å². The molecule has 0 saturated heterocycles. The summed E-state index contributed by atoms with van der Waals surface area (Å²) in [7, 11) is 3.15. The van der Waals surface area contributed by atoms with E-state index in [2.05, 4.69) is 0 Å². The van der Waals surface area contributed by atoms with Crippen molar-refractivity contribution in [3.63, 3.8) is 0 Å². The van der Waals surface area contributed by atoms with Crippen LogP contribution in [0.5, 0.6) is 5.75 Å². The third kappa shape index (κ3) is 3.73. The summed E-state index contributed by atoms with van der Waals surface area (Å²) < 4.78 is 11.8. The lowest BCUT2D eigenvalue weighted by Crippen LogP contribution is -2.45. The Kier molecular flexibility index (Phi) is 6.28. The van der Waals surface area contributed by atoms with Gasteiger partial charge in [-0.2, -0.15) is 0 Å². The average Bonchev–Trinajstić information content (AvgIpc) is 3.10. The average molecular weight is 431 g/mol. The summed E-state index contributed by atoms with van der Waals surface area (Å²) in [5.41, 5.74) is -0.170. The van der Waals surface area contributed by atoms with E-state index in [9.17, 15) is 14.7 Å². The Balaban J connectivity index is 2.42. The number of ether oxygens (including phenoxy) is 2. The standard InChI is InChI=1S/C22H26N2O5S/c1-6-15-17(13-8-7-9-14(12-13)29-5)18-19(30-15)23-16(10-11-28-4)24(20(18)25)22(2,3)21(26)27/h7-9,12H,6,10-11H2,1-5H3,(H,26,27). The van der Waals surface area contributed by atoms with Crippen molar-refractivity contribution in [3.05, 3.63) is 45.3 Å². The van der Waals surface area contributed by atoms with Crippen LogP contribution in [-0.2, 0) is 27.9 Å². The largest absolute Gasteiger partial charge is 0.497 e. The zero-order chi connectivity index (χ0) is 22.1. The van der Waals surface area contributed by atoms with E-state index in [0.29, 0.717) is 34.8 Å². The van der Waals surface area contributed by atoms with Crippen molar-refractivity contribution in [1.29, 1.82) is 0 Å². The summed E-state index contributed by atoms with van der Waals surface area (Å²) in [5.74, 6) is -0.00842. The Morgan fingerprint density at radius 3 is 2.63 bits per heavy atom. The number of aliphatic carboxylic acids is 1. The Morgan fingerprint density at radius 1 is 1.30 bits per heavy atom. The summed E-state index contributed by atoms with van der Waals surface area (Å²) in [6.07, 6.45) is 1.06. The number of hydrogen-bond acceptors (Lipinski definition) is 6. The highest BCUT2D eigenvalue weighted by Crippen LogP contribution is 2.38. The monoisotopic (exact) mass is 430 g/mol. The Bertz CT molecular complexity index is 1150. The molecule has 0 amide bonds. The summed E-state index contributed by atoms with van der Waals surface area (Å²) in [6.45, 7) is 5.39. The van der Waals surface area contributed by atoms with Crippen LogP contribution in [0.15, 0.2) is 29.1 Å². The van der Waals surface area contributed by atoms with Gasteiger partial charge in [-0.15, -0.1) is 11.3 Å².